The van der Waals surface area contributed by atoms with Crippen molar-refractivity contribution >= 4 is 23.7 Å². The highest BCUT2D eigenvalue weighted by Gasteiger charge is 2.28. The Morgan fingerprint density at radius 3 is 2.56 bits per heavy atom. The molecule has 0 saturated heterocycles. The zero-order chi connectivity index (χ0) is 36.1. The Bertz CT molecular complexity index is 1620. The maximum absolute atomic E-state index is 13.0. The summed E-state index contributed by atoms with van der Waals surface area (Å²) in [5.74, 6) is 0.0547. The standard InChI is InChI=1S/C34H51N9O7/c1-33(2,3)50-32(47)38-22-34(4,20-36-26-13-15-35-31(46)29(26)30-39-24-10-6-7-11-25(24)40-30)21-37-27(44)14-17-49-18-16-43-19-23(41-42-43)9-8-12-28(45)48-5/h13,15,19H,6-12,14,16-18,20-22H2,1-5H3,(H,37,44)(H,38,47)(H,39,40)(H2,35,36,46). The number of carbonyl (C=O) groups excluding carboxylic acids is 3. The molecule has 3 heterocycles. The van der Waals surface area contributed by atoms with Gasteiger partial charge in [-0.05, 0) is 65.4 Å². The number of pyridine rings is 1. The number of hydrogen-bond acceptors (Lipinski definition) is 11. The monoisotopic (exact) mass is 697 g/mol. The molecule has 0 radical (unpaired) electrons. The second-order valence-electron chi connectivity index (χ2n) is 13.9. The van der Waals surface area contributed by atoms with Crippen molar-refractivity contribution in [2.75, 3.05) is 45.3 Å². The number of aromatic amines is 2. The maximum atomic E-state index is 13.0. The zero-order valence-corrected chi connectivity index (χ0v) is 29.8. The fourth-order valence-corrected chi connectivity index (χ4v) is 5.43. The highest BCUT2D eigenvalue weighted by molar-refractivity contribution is 5.76. The molecular weight excluding hydrogens is 646 g/mol. The number of esters is 1. The van der Waals surface area contributed by atoms with Crippen LogP contribution in [0.25, 0.3) is 11.4 Å². The average molecular weight is 698 g/mol. The van der Waals surface area contributed by atoms with E-state index in [1.54, 1.807) is 37.7 Å². The fraction of sp³-hybridized carbons (Fsp3) is 0.618. The van der Waals surface area contributed by atoms with Crippen LogP contribution < -0.4 is 21.5 Å². The van der Waals surface area contributed by atoms with Gasteiger partial charge in [-0.15, -0.1) is 5.10 Å². The highest BCUT2D eigenvalue weighted by atomic mass is 16.6. The Balaban J connectivity index is 1.30. The molecule has 1 aliphatic rings. The molecule has 0 bridgehead atoms. The topological polar surface area (TPSA) is 207 Å². The molecule has 3 aromatic heterocycles. The van der Waals surface area contributed by atoms with E-state index in [4.69, 9.17) is 14.5 Å². The summed E-state index contributed by atoms with van der Waals surface area (Å²) >= 11 is 0. The predicted molar refractivity (Wildman–Crippen MR) is 186 cm³/mol. The number of fused-ring (bicyclic) bond motifs is 1. The molecule has 16 heteroatoms. The second-order valence-corrected chi connectivity index (χ2v) is 13.9. The van der Waals surface area contributed by atoms with Gasteiger partial charge in [-0.1, -0.05) is 12.1 Å². The van der Waals surface area contributed by atoms with Crippen LogP contribution in [0, 0.1) is 5.41 Å². The number of anilines is 1. The number of carbonyl (C=O) groups is 3. The summed E-state index contributed by atoms with van der Waals surface area (Å²) in [4.78, 5) is 60.5. The molecule has 1 aliphatic carbocycles. The lowest BCUT2D eigenvalue weighted by atomic mass is 9.90. The van der Waals surface area contributed by atoms with Gasteiger partial charge in [0.05, 0.1) is 43.9 Å². The first-order chi connectivity index (χ1) is 23.8. The van der Waals surface area contributed by atoms with Gasteiger partial charge in [0.1, 0.15) is 17.0 Å². The molecule has 1 unspecified atom stereocenters. The third kappa shape index (κ3) is 12.0. The van der Waals surface area contributed by atoms with Crippen molar-refractivity contribution < 1.29 is 28.6 Å². The molecule has 0 fully saturated rings. The van der Waals surface area contributed by atoms with Crippen molar-refractivity contribution in [2.45, 2.75) is 91.2 Å². The molecule has 1 atom stereocenters. The Kier molecular flexibility index (Phi) is 13.5. The quantitative estimate of drug-likeness (QED) is 0.0965. The summed E-state index contributed by atoms with van der Waals surface area (Å²) in [5, 5.41) is 17.4. The minimum atomic E-state index is -0.683. The van der Waals surface area contributed by atoms with E-state index >= 15 is 0 Å². The lowest BCUT2D eigenvalue weighted by molar-refractivity contribution is -0.140. The largest absolute Gasteiger partial charge is 0.469 e. The number of hydrogen-bond donors (Lipinski definition) is 5. The smallest absolute Gasteiger partial charge is 0.407 e. The number of alkyl carbamates (subject to hydrolysis) is 1. The van der Waals surface area contributed by atoms with Crippen LogP contribution in [0.3, 0.4) is 0 Å². The molecule has 274 valence electrons. The van der Waals surface area contributed by atoms with Gasteiger partial charge in [0.2, 0.25) is 5.91 Å². The van der Waals surface area contributed by atoms with Gasteiger partial charge in [0.25, 0.3) is 5.56 Å². The number of nitrogens with zero attached hydrogens (tertiary/aromatic N) is 4. The molecule has 4 rings (SSSR count). The van der Waals surface area contributed by atoms with E-state index in [1.807, 2.05) is 13.1 Å². The minimum absolute atomic E-state index is 0.139. The lowest BCUT2D eigenvalue weighted by Gasteiger charge is -2.31. The minimum Gasteiger partial charge on any atom is -0.469 e. The van der Waals surface area contributed by atoms with Crippen molar-refractivity contribution in [3.63, 3.8) is 0 Å². The first-order valence-electron chi connectivity index (χ1n) is 17.1. The summed E-state index contributed by atoms with van der Waals surface area (Å²) < 4.78 is 17.4. The number of nitrogens with one attached hydrogen (secondary N) is 5. The van der Waals surface area contributed by atoms with E-state index in [2.05, 4.69) is 41.0 Å². The first-order valence-corrected chi connectivity index (χ1v) is 17.1. The highest BCUT2D eigenvalue weighted by Crippen LogP contribution is 2.27. The Morgan fingerprint density at radius 1 is 1.02 bits per heavy atom. The molecule has 0 saturated carbocycles. The van der Waals surface area contributed by atoms with Gasteiger partial charge in [0.15, 0.2) is 0 Å². The van der Waals surface area contributed by atoms with E-state index in [-0.39, 0.29) is 43.6 Å². The molecule has 5 N–H and O–H groups in total. The van der Waals surface area contributed by atoms with Gasteiger partial charge >= 0.3 is 12.1 Å². The molecule has 0 aromatic carbocycles. The van der Waals surface area contributed by atoms with Crippen molar-refractivity contribution in [1.29, 1.82) is 0 Å². The molecule has 50 heavy (non-hydrogen) atoms. The summed E-state index contributed by atoms with van der Waals surface area (Å²) in [6.45, 7) is 9.02. The van der Waals surface area contributed by atoms with Crippen LogP contribution in [0.15, 0.2) is 23.3 Å². The third-order valence-electron chi connectivity index (χ3n) is 8.19. The lowest BCUT2D eigenvalue weighted by Crippen LogP contribution is -2.48. The van der Waals surface area contributed by atoms with E-state index in [9.17, 15) is 19.2 Å². The fourth-order valence-electron chi connectivity index (χ4n) is 5.43. The van der Waals surface area contributed by atoms with Crippen LogP contribution in [-0.4, -0.2) is 93.5 Å². The third-order valence-corrected chi connectivity index (χ3v) is 8.19. The molecular formula is C34H51N9O7. The van der Waals surface area contributed by atoms with Crippen LogP contribution in [0.5, 0.6) is 0 Å². The number of imidazole rings is 1. The summed E-state index contributed by atoms with van der Waals surface area (Å²) in [5.41, 5.74) is 2.21. The van der Waals surface area contributed by atoms with Crippen LogP contribution >= 0.6 is 0 Å². The summed E-state index contributed by atoms with van der Waals surface area (Å²) in [6, 6.07) is 1.78. The molecule has 2 amide bonds. The number of ether oxygens (including phenoxy) is 3. The van der Waals surface area contributed by atoms with Crippen molar-refractivity contribution in [3.05, 3.63) is 45.9 Å². The zero-order valence-electron chi connectivity index (χ0n) is 29.8. The Labute approximate surface area is 291 Å². The van der Waals surface area contributed by atoms with Crippen LogP contribution in [-0.2, 0) is 49.6 Å². The number of rotatable bonds is 18. The second kappa shape index (κ2) is 17.8. The van der Waals surface area contributed by atoms with Crippen molar-refractivity contribution in [2.24, 2.45) is 5.41 Å². The average Bonchev–Trinajstić information content (AvgIpc) is 3.71. The van der Waals surface area contributed by atoms with Gasteiger partial charge in [-0.25, -0.2) is 14.5 Å². The van der Waals surface area contributed by atoms with Crippen LogP contribution in [0.1, 0.15) is 76.9 Å². The number of amides is 2. The van der Waals surface area contributed by atoms with Gasteiger partial charge in [-0.3, -0.25) is 14.4 Å². The van der Waals surface area contributed by atoms with Gasteiger partial charge < -0.3 is 40.1 Å². The van der Waals surface area contributed by atoms with Gasteiger partial charge in [-0.2, -0.15) is 0 Å². The number of aromatic nitrogens is 6. The van der Waals surface area contributed by atoms with E-state index in [1.165, 1.54) is 7.11 Å². The van der Waals surface area contributed by atoms with Crippen LogP contribution in [0.2, 0.25) is 0 Å². The Hall–Kier alpha value is -4.73. The van der Waals surface area contributed by atoms with Crippen molar-refractivity contribution in [1.82, 2.24) is 40.6 Å². The van der Waals surface area contributed by atoms with E-state index in [0.29, 0.717) is 56.0 Å². The van der Waals surface area contributed by atoms with E-state index in [0.717, 1.165) is 42.8 Å². The number of methoxy groups -OCH3 is 1. The number of aryl methyl sites for hydroxylation is 3. The summed E-state index contributed by atoms with van der Waals surface area (Å²) in [7, 11) is 1.37. The molecule has 16 nitrogen and oxygen atoms in total. The first kappa shape index (κ1) is 38.1. The SMILES string of the molecule is COC(=O)CCCc1cn(CCOCCC(=O)NCC(C)(CNC(=O)OC(C)(C)C)CNc2cc[nH]c(=O)c2-c2nc3c([nH]2)CCCC3)nn1. The predicted octanol–water partition coefficient (Wildman–Crippen LogP) is 2.90. The maximum Gasteiger partial charge on any atom is 0.407 e. The van der Waals surface area contributed by atoms with Crippen molar-refractivity contribution in [3.8, 4) is 11.4 Å². The normalized spacial score (nSPS) is 13.9. The molecule has 0 aliphatic heterocycles. The summed E-state index contributed by atoms with van der Waals surface area (Å²) in [6.07, 6.45) is 8.46. The van der Waals surface area contributed by atoms with Gasteiger partial charge in [0, 0.05) is 56.0 Å². The number of H-pyrrole nitrogens is 2. The molecule has 0 spiro atoms. The van der Waals surface area contributed by atoms with E-state index < -0.39 is 17.1 Å². The molecule has 3 aromatic rings. The van der Waals surface area contributed by atoms with Crippen LogP contribution in [0.4, 0.5) is 10.5 Å². The Morgan fingerprint density at radius 2 is 1.80 bits per heavy atom.